The van der Waals surface area contributed by atoms with Gasteiger partial charge in [-0.2, -0.15) is 0 Å². The van der Waals surface area contributed by atoms with Crippen LogP contribution in [0.1, 0.15) is 25.7 Å². The lowest BCUT2D eigenvalue weighted by molar-refractivity contribution is -0.142. The standard InChI is InChI=1S/C15H16BrN3O3S/c16-10-2-1-3-11-12(10)18-15(23-11)19-14(22)17-9-6-4-8(5-7-9)13(20)21/h1-3,8-9H,4-7H2,(H,20,21)(H2,17,18,19,22). The number of para-hydroxylation sites is 1. The lowest BCUT2D eigenvalue weighted by Crippen LogP contribution is -2.40. The molecule has 1 fully saturated rings. The number of benzene rings is 1. The van der Waals surface area contributed by atoms with E-state index in [2.05, 4.69) is 31.5 Å². The summed E-state index contributed by atoms with van der Waals surface area (Å²) in [4.78, 5) is 27.4. The van der Waals surface area contributed by atoms with Crippen molar-refractivity contribution in [2.75, 3.05) is 5.32 Å². The van der Waals surface area contributed by atoms with Crippen LogP contribution in [0.3, 0.4) is 0 Å². The van der Waals surface area contributed by atoms with Gasteiger partial charge in [0.2, 0.25) is 0 Å². The van der Waals surface area contributed by atoms with E-state index in [0.717, 1.165) is 14.7 Å². The molecular formula is C15H16BrN3O3S. The number of anilines is 1. The van der Waals surface area contributed by atoms with Crippen molar-refractivity contribution >= 4 is 54.6 Å². The van der Waals surface area contributed by atoms with Gasteiger partial charge in [0.15, 0.2) is 5.13 Å². The van der Waals surface area contributed by atoms with E-state index in [1.165, 1.54) is 11.3 Å². The van der Waals surface area contributed by atoms with Crippen molar-refractivity contribution in [2.45, 2.75) is 31.7 Å². The van der Waals surface area contributed by atoms with Crippen LogP contribution in [-0.4, -0.2) is 28.1 Å². The van der Waals surface area contributed by atoms with Gasteiger partial charge in [-0.1, -0.05) is 17.4 Å². The average Bonchev–Trinajstić information content (AvgIpc) is 2.91. The van der Waals surface area contributed by atoms with Crippen LogP contribution in [0.2, 0.25) is 0 Å². The number of carboxylic acids is 1. The molecule has 6 nitrogen and oxygen atoms in total. The molecule has 23 heavy (non-hydrogen) atoms. The van der Waals surface area contributed by atoms with Crippen molar-refractivity contribution in [3.63, 3.8) is 0 Å². The summed E-state index contributed by atoms with van der Waals surface area (Å²) in [7, 11) is 0. The van der Waals surface area contributed by atoms with Gasteiger partial charge in [-0.25, -0.2) is 9.78 Å². The summed E-state index contributed by atoms with van der Waals surface area (Å²) in [5, 5.41) is 15.2. The second kappa shape index (κ2) is 6.84. The molecule has 2 aromatic rings. The summed E-state index contributed by atoms with van der Waals surface area (Å²) < 4.78 is 1.89. The molecule has 3 N–H and O–H groups in total. The topological polar surface area (TPSA) is 91.3 Å². The van der Waals surface area contributed by atoms with Crippen LogP contribution in [0, 0.1) is 5.92 Å². The third kappa shape index (κ3) is 3.81. The molecule has 122 valence electrons. The molecule has 1 aliphatic carbocycles. The molecular weight excluding hydrogens is 382 g/mol. The molecule has 1 aliphatic rings. The van der Waals surface area contributed by atoms with Crippen molar-refractivity contribution in [1.82, 2.24) is 10.3 Å². The number of carboxylic acid groups (broad SMARTS) is 1. The highest BCUT2D eigenvalue weighted by atomic mass is 79.9. The smallest absolute Gasteiger partial charge is 0.321 e. The van der Waals surface area contributed by atoms with Crippen molar-refractivity contribution in [3.05, 3.63) is 22.7 Å². The fourth-order valence-corrected chi connectivity index (χ4v) is 4.25. The second-order valence-electron chi connectivity index (χ2n) is 5.59. The molecule has 0 aliphatic heterocycles. The summed E-state index contributed by atoms with van der Waals surface area (Å²) in [6, 6.07) is 5.52. The van der Waals surface area contributed by atoms with E-state index >= 15 is 0 Å². The largest absolute Gasteiger partial charge is 0.481 e. The number of aromatic nitrogens is 1. The Balaban J connectivity index is 1.57. The number of halogens is 1. The number of rotatable bonds is 3. The number of amides is 2. The van der Waals surface area contributed by atoms with Gasteiger partial charge in [-0.3, -0.25) is 10.1 Å². The van der Waals surface area contributed by atoms with Gasteiger partial charge in [0.05, 0.1) is 16.1 Å². The predicted molar refractivity (Wildman–Crippen MR) is 92.9 cm³/mol. The molecule has 0 bridgehead atoms. The highest BCUT2D eigenvalue weighted by Crippen LogP contribution is 2.31. The number of urea groups is 1. The van der Waals surface area contributed by atoms with Gasteiger partial charge in [-0.05, 0) is 53.7 Å². The minimum Gasteiger partial charge on any atom is -0.481 e. The van der Waals surface area contributed by atoms with E-state index < -0.39 is 5.97 Å². The van der Waals surface area contributed by atoms with Gasteiger partial charge in [0.1, 0.15) is 0 Å². The third-order valence-corrected chi connectivity index (χ3v) is 5.58. The molecule has 0 atom stereocenters. The third-order valence-electron chi connectivity index (χ3n) is 4.00. The Kier molecular flexibility index (Phi) is 4.82. The van der Waals surface area contributed by atoms with Crippen LogP contribution >= 0.6 is 27.3 Å². The molecule has 0 spiro atoms. The Morgan fingerprint density at radius 3 is 2.65 bits per heavy atom. The Morgan fingerprint density at radius 2 is 2.00 bits per heavy atom. The molecule has 0 saturated heterocycles. The molecule has 2 amide bonds. The highest BCUT2D eigenvalue weighted by molar-refractivity contribution is 9.10. The Labute approximate surface area is 145 Å². The van der Waals surface area contributed by atoms with Crippen LogP contribution in [0.4, 0.5) is 9.93 Å². The Bertz CT molecular complexity index is 741. The maximum absolute atomic E-state index is 12.1. The fourth-order valence-electron chi connectivity index (χ4n) is 2.77. The number of carbonyl (C=O) groups excluding carboxylic acids is 1. The lowest BCUT2D eigenvalue weighted by atomic mass is 9.86. The van der Waals surface area contributed by atoms with Gasteiger partial charge < -0.3 is 10.4 Å². The number of hydrogen-bond acceptors (Lipinski definition) is 4. The van der Waals surface area contributed by atoms with Gasteiger partial charge in [0, 0.05) is 10.5 Å². The van der Waals surface area contributed by atoms with Crippen LogP contribution in [0.5, 0.6) is 0 Å². The summed E-state index contributed by atoms with van der Waals surface area (Å²) in [6.07, 6.45) is 2.59. The van der Waals surface area contributed by atoms with Crippen molar-refractivity contribution in [2.24, 2.45) is 5.92 Å². The van der Waals surface area contributed by atoms with E-state index in [4.69, 9.17) is 5.11 Å². The zero-order chi connectivity index (χ0) is 16.4. The number of thiazole rings is 1. The number of hydrogen-bond donors (Lipinski definition) is 3. The SMILES string of the molecule is O=C(Nc1nc2c(Br)cccc2s1)NC1CCC(C(=O)O)CC1. The highest BCUT2D eigenvalue weighted by Gasteiger charge is 2.26. The van der Waals surface area contributed by atoms with Crippen molar-refractivity contribution in [1.29, 1.82) is 0 Å². The number of nitrogens with zero attached hydrogens (tertiary/aromatic N) is 1. The molecule has 1 aromatic carbocycles. The number of aliphatic carboxylic acids is 1. The maximum Gasteiger partial charge on any atom is 0.321 e. The minimum absolute atomic E-state index is 0.0201. The van der Waals surface area contributed by atoms with Crippen LogP contribution in [0.25, 0.3) is 10.2 Å². The first-order valence-electron chi connectivity index (χ1n) is 7.38. The second-order valence-corrected chi connectivity index (χ2v) is 7.48. The van der Waals surface area contributed by atoms with Gasteiger partial charge in [0.25, 0.3) is 0 Å². The summed E-state index contributed by atoms with van der Waals surface area (Å²) in [5.41, 5.74) is 0.828. The zero-order valence-corrected chi connectivity index (χ0v) is 14.6. The van der Waals surface area contributed by atoms with Crippen LogP contribution < -0.4 is 10.6 Å². The number of carbonyl (C=O) groups is 2. The minimum atomic E-state index is -0.743. The first kappa shape index (κ1) is 16.2. The lowest BCUT2D eigenvalue weighted by Gasteiger charge is -2.26. The number of fused-ring (bicyclic) bond motifs is 1. The number of nitrogens with one attached hydrogen (secondary N) is 2. The molecule has 0 radical (unpaired) electrons. The maximum atomic E-state index is 12.1. The molecule has 8 heteroatoms. The van der Waals surface area contributed by atoms with Crippen molar-refractivity contribution < 1.29 is 14.7 Å². The Morgan fingerprint density at radius 1 is 1.26 bits per heavy atom. The van der Waals surface area contributed by atoms with E-state index in [-0.39, 0.29) is 18.0 Å². The Hall–Kier alpha value is -1.67. The molecule has 0 unspecified atom stereocenters. The normalized spacial score (nSPS) is 21.1. The summed E-state index contributed by atoms with van der Waals surface area (Å²) in [5.74, 6) is -1.02. The van der Waals surface area contributed by atoms with E-state index in [1.54, 1.807) is 0 Å². The van der Waals surface area contributed by atoms with E-state index in [1.807, 2.05) is 18.2 Å². The molecule has 1 aromatic heterocycles. The zero-order valence-electron chi connectivity index (χ0n) is 12.2. The first-order valence-corrected chi connectivity index (χ1v) is 8.99. The van der Waals surface area contributed by atoms with Crippen LogP contribution in [-0.2, 0) is 4.79 Å². The van der Waals surface area contributed by atoms with Gasteiger partial charge in [-0.15, -0.1) is 0 Å². The van der Waals surface area contributed by atoms with Crippen molar-refractivity contribution in [3.8, 4) is 0 Å². The molecule has 3 rings (SSSR count). The first-order chi connectivity index (χ1) is 11.0. The molecule has 1 saturated carbocycles. The van der Waals surface area contributed by atoms with Crippen LogP contribution in [0.15, 0.2) is 22.7 Å². The summed E-state index contributed by atoms with van der Waals surface area (Å²) in [6.45, 7) is 0. The monoisotopic (exact) mass is 397 g/mol. The quantitative estimate of drug-likeness (QED) is 0.733. The fraction of sp³-hybridized carbons (Fsp3) is 0.400. The van der Waals surface area contributed by atoms with E-state index in [9.17, 15) is 9.59 Å². The summed E-state index contributed by atoms with van der Waals surface area (Å²) >= 11 is 4.86. The predicted octanol–water partition coefficient (Wildman–Crippen LogP) is 3.82. The van der Waals surface area contributed by atoms with Gasteiger partial charge >= 0.3 is 12.0 Å². The molecule has 1 heterocycles. The average molecular weight is 398 g/mol. The van der Waals surface area contributed by atoms with E-state index in [0.29, 0.717) is 30.8 Å².